The molecule has 0 N–H and O–H groups in total. The quantitative estimate of drug-likeness (QED) is 0.432. The predicted molar refractivity (Wildman–Crippen MR) is 69.7 cm³/mol. The number of rotatable bonds is 2. The fourth-order valence-corrected chi connectivity index (χ4v) is 1.98. The van der Waals surface area contributed by atoms with Crippen molar-refractivity contribution >= 4 is 0 Å². The van der Waals surface area contributed by atoms with E-state index in [1.54, 1.807) is 0 Å². The molecule has 90 valence electrons. The number of hydrogen-bond donors (Lipinski definition) is 0. The van der Waals surface area contributed by atoms with Crippen LogP contribution < -0.4 is 0 Å². The molecule has 17 heavy (non-hydrogen) atoms. The van der Waals surface area contributed by atoms with Crippen molar-refractivity contribution in [3.8, 4) is 0 Å². The Bertz CT molecular complexity index is 395. The maximum Gasteiger partial charge on any atom is 2.00 e. The number of hydrogen-bond acceptors (Lipinski definition) is 0. The minimum absolute atomic E-state index is 0. The average molecular weight is 266 g/mol. The first kappa shape index (κ1) is 14.0. The Morgan fingerprint density at radius 3 is 1.76 bits per heavy atom. The van der Waals surface area contributed by atoms with Crippen molar-refractivity contribution < 1.29 is 17.1 Å². The van der Waals surface area contributed by atoms with E-state index >= 15 is 0 Å². The Hall–Kier alpha value is -1.04. The van der Waals surface area contributed by atoms with Gasteiger partial charge in [0.1, 0.15) is 0 Å². The molecule has 1 heteroatoms. The van der Waals surface area contributed by atoms with Gasteiger partial charge in [-0.15, -0.1) is 5.56 Å². The molecular formula is C16H18Fe. The van der Waals surface area contributed by atoms with Crippen LogP contribution in [0.1, 0.15) is 19.4 Å². The molecule has 0 saturated carbocycles. The topological polar surface area (TPSA) is 0 Å². The van der Waals surface area contributed by atoms with Gasteiger partial charge in [-0.25, -0.2) is 24.3 Å². The molecule has 0 amide bonds. The van der Waals surface area contributed by atoms with Gasteiger partial charge in [-0.1, -0.05) is 26.0 Å². The van der Waals surface area contributed by atoms with E-state index in [1.165, 1.54) is 5.56 Å². The van der Waals surface area contributed by atoms with Crippen LogP contribution in [-0.4, -0.2) is 0 Å². The Kier molecular flexibility index (Phi) is 4.99. The Balaban J connectivity index is 0.000000205. The third-order valence-electron chi connectivity index (χ3n) is 3.20. The molecule has 2 aromatic carbocycles. The zero-order valence-corrected chi connectivity index (χ0v) is 11.4. The van der Waals surface area contributed by atoms with Crippen molar-refractivity contribution in [1.82, 2.24) is 0 Å². The third kappa shape index (κ3) is 3.21. The van der Waals surface area contributed by atoms with Crippen molar-refractivity contribution in [3.63, 3.8) is 0 Å². The second-order valence-electron chi connectivity index (χ2n) is 4.56. The van der Waals surface area contributed by atoms with Gasteiger partial charge in [0.15, 0.2) is 0 Å². The van der Waals surface area contributed by atoms with Gasteiger partial charge in [0, 0.05) is 0 Å². The standard InChI is InChI=1S/C11H13.C5H5.Fe/c1-9(2)11(7-8-11)10-5-3-4-6-10;1-2-4-5-3-1;/h3-9H,1-2H3;1-5H;/q2*-1;+2. The smallest absolute Gasteiger partial charge is 0.214 e. The Morgan fingerprint density at radius 1 is 0.941 bits per heavy atom. The summed E-state index contributed by atoms with van der Waals surface area (Å²) < 4.78 is 0. The molecule has 0 unspecified atom stereocenters. The van der Waals surface area contributed by atoms with Crippen LogP contribution in [-0.2, 0) is 22.5 Å². The van der Waals surface area contributed by atoms with E-state index in [-0.39, 0.29) is 17.1 Å². The summed E-state index contributed by atoms with van der Waals surface area (Å²) in [6, 6.07) is 18.6. The summed E-state index contributed by atoms with van der Waals surface area (Å²) in [5, 5.41) is 0. The monoisotopic (exact) mass is 266 g/mol. The normalized spacial score (nSPS) is 14.8. The van der Waals surface area contributed by atoms with Gasteiger partial charge in [0.05, 0.1) is 0 Å². The maximum atomic E-state index is 2.30. The minimum Gasteiger partial charge on any atom is -0.214 e. The molecular weight excluding hydrogens is 248 g/mol. The van der Waals surface area contributed by atoms with E-state index in [0.29, 0.717) is 11.3 Å². The van der Waals surface area contributed by atoms with Crippen LogP contribution in [0.5, 0.6) is 0 Å². The van der Waals surface area contributed by atoms with Crippen LogP contribution >= 0.6 is 0 Å². The summed E-state index contributed by atoms with van der Waals surface area (Å²) in [7, 11) is 0. The molecule has 0 atom stereocenters. The summed E-state index contributed by atoms with van der Waals surface area (Å²) in [4.78, 5) is 0. The van der Waals surface area contributed by atoms with Gasteiger partial charge in [-0.3, -0.25) is 0 Å². The average Bonchev–Trinajstić information content (AvgIpc) is 2.81. The Morgan fingerprint density at radius 2 is 1.47 bits per heavy atom. The van der Waals surface area contributed by atoms with Crippen molar-refractivity contribution in [2.75, 3.05) is 0 Å². The van der Waals surface area contributed by atoms with Crippen molar-refractivity contribution in [2.24, 2.45) is 5.92 Å². The predicted octanol–water partition coefficient (Wildman–Crippen LogP) is 4.27. The van der Waals surface area contributed by atoms with E-state index in [0.717, 1.165) is 0 Å². The van der Waals surface area contributed by atoms with Gasteiger partial charge in [-0.05, 0) is 11.3 Å². The van der Waals surface area contributed by atoms with Gasteiger partial charge in [0.2, 0.25) is 0 Å². The van der Waals surface area contributed by atoms with Crippen molar-refractivity contribution in [2.45, 2.75) is 19.3 Å². The molecule has 0 fully saturated rings. The third-order valence-corrected chi connectivity index (χ3v) is 3.20. The molecule has 1 aliphatic rings. The minimum atomic E-state index is 0. The van der Waals surface area contributed by atoms with Gasteiger partial charge in [0.25, 0.3) is 0 Å². The molecule has 0 nitrogen and oxygen atoms in total. The summed E-state index contributed by atoms with van der Waals surface area (Å²) in [5.74, 6) is 0.699. The largest absolute Gasteiger partial charge is 2.00 e. The number of allylic oxidation sites excluding steroid dienone is 2. The molecule has 0 radical (unpaired) electrons. The molecule has 3 rings (SSSR count). The van der Waals surface area contributed by atoms with E-state index in [4.69, 9.17) is 0 Å². The van der Waals surface area contributed by atoms with Crippen molar-refractivity contribution in [1.29, 1.82) is 0 Å². The summed E-state index contributed by atoms with van der Waals surface area (Å²) in [5.41, 5.74) is 1.77. The van der Waals surface area contributed by atoms with Crippen molar-refractivity contribution in [3.05, 3.63) is 72.3 Å². The molecule has 2 aromatic rings. The zero-order chi connectivity index (χ0) is 11.4. The first-order valence-electron chi connectivity index (χ1n) is 5.85. The first-order valence-corrected chi connectivity index (χ1v) is 5.85. The van der Waals surface area contributed by atoms with Crippen LogP contribution in [0.15, 0.2) is 66.7 Å². The molecule has 1 aliphatic carbocycles. The molecule has 0 saturated heterocycles. The van der Waals surface area contributed by atoms with Crippen LogP contribution in [0.2, 0.25) is 0 Å². The van der Waals surface area contributed by atoms with Crippen LogP contribution in [0.4, 0.5) is 0 Å². The molecule has 0 spiro atoms. The summed E-state index contributed by atoms with van der Waals surface area (Å²) in [6.07, 6.45) is 4.60. The summed E-state index contributed by atoms with van der Waals surface area (Å²) in [6.45, 7) is 4.54. The fourth-order valence-electron chi connectivity index (χ4n) is 1.98. The van der Waals surface area contributed by atoms with Gasteiger partial charge < -0.3 is 0 Å². The van der Waals surface area contributed by atoms with E-state index in [9.17, 15) is 0 Å². The molecule has 0 aliphatic heterocycles. The Labute approximate surface area is 115 Å². The second-order valence-corrected chi connectivity index (χ2v) is 4.56. The molecule has 0 aromatic heterocycles. The first-order chi connectivity index (χ1) is 7.76. The van der Waals surface area contributed by atoms with E-state index in [2.05, 4.69) is 50.3 Å². The second kappa shape index (κ2) is 6.05. The molecule has 0 bridgehead atoms. The van der Waals surface area contributed by atoms with Crippen LogP contribution in [0.3, 0.4) is 0 Å². The van der Waals surface area contributed by atoms with Gasteiger partial charge >= 0.3 is 17.1 Å². The zero-order valence-electron chi connectivity index (χ0n) is 10.3. The van der Waals surface area contributed by atoms with Crippen LogP contribution in [0, 0.1) is 5.92 Å². The van der Waals surface area contributed by atoms with Crippen LogP contribution in [0.25, 0.3) is 0 Å². The molecule has 0 heterocycles. The maximum absolute atomic E-state index is 2.30. The SMILES string of the molecule is CC(C)C1([c-]2cccc2)C=C1.[Fe+2].c1cc[cH-]c1. The van der Waals surface area contributed by atoms with Gasteiger partial charge in [-0.2, -0.15) is 30.3 Å². The summed E-state index contributed by atoms with van der Waals surface area (Å²) >= 11 is 0. The van der Waals surface area contributed by atoms with E-state index < -0.39 is 0 Å². The van der Waals surface area contributed by atoms with E-state index in [1.807, 2.05) is 30.3 Å². The fraction of sp³-hybridized carbons (Fsp3) is 0.250.